The highest BCUT2D eigenvalue weighted by molar-refractivity contribution is 7.91. The molecule has 0 bridgehead atoms. The molecular formula is C25H24F3N5O4S. The number of aryl methyl sites for hydroxylation is 1. The van der Waals surface area contributed by atoms with Crippen LogP contribution in [0.2, 0.25) is 0 Å². The molecule has 3 amide bonds. The summed E-state index contributed by atoms with van der Waals surface area (Å²) in [6, 6.07) is 7.29. The van der Waals surface area contributed by atoms with E-state index in [1.807, 2.05) is 4.72 Å². The molecule has 0 fully saturated rings. The molecule has 4 rings (SSSR count). The van der Waals surface area contributed by atoms with E-state index in [1.165, 1.54) is 38.4 Å². The average molecular weight is 548 g/mol. The van der Waals surface area contributed by atoms with Crippen LogP contribution in [0.3, 0.4) is 0 Å². The number of aromatic nitrogens is 1. The van der Waals surface area contributed by atoms with Crippen molar-refractivity contribution >= 4 is 33.7 Å². The molecule has 0 saturated heterocycles. The highest BCUT2D eigenvalue weighted by Crippen LogP contribution is 2.26. The van der Waals surface area contributed by atoms with Crippen LogP contribution in [0.15, 0.2) is 54.7 Å². The molecule has 1 aliphatic heterocycles. The number of halogens is 3. The summed E-state index contributed by atoms with van der Waals surface area (Å²) in [5.74, 6) is -2.81. The van der Waals surface area contributed by atoms with Crippen molar-refractivity contribution in [1.29, 1.82) is 0 Å². The Morgan fingerprint density at radius 1 is 1.11 bits per heavy atom. The first-order valence-electron chi connectivity index (χ1n) is 11.5. The summed E-state index contributed by atoms with van der Waals surface area (Å²) in [4.78, 5) is 31.4. The largest absolute Gasteiger partial charge is 0.330 e. The molecule has 2 N–H and O–H groups in total. The molecule has 2 aromatic carbocycles. The molecule has 0 saturated carbocycles. The number of anilines is 2. The van der Waals surface area contributed by atoms with Gasteiger partial charge in [0.2, 0.25) is 5.91 Å². The van der Waals surface area contributed by atoms with E-state index in [0.29, 0.717) is 23.7 Å². The van der Waals surface area contributed by atoms with Crippen LogP contribution in [0.4, 0.5) is 29.5 Å². The second-order valence-corrected chi connectivity index (χ2v) is 10.3. The molecule has 1 aromatic heterocycles. The molecule has 0 unspecified atom stereocenters. The molecule has 0 aliphatic carbocycles. The van der Waals surface area contributed by atoms with Crippen LogP contribution in [0.5, 0.6) is 0 Å². The Bertz CT molecular complexity index is 1480. The molecule has 2 heterocycles. The van der Waals surface area contributed by atoms with Gasteiger partial charge in [-0.3, -0.25) is 4.79 Å². The lowest BCUT2D eigenvalue weighted by atomic mass is 10.0. The summed E-state index contributed by atoms with van der Waals surface area (Å²) in [7, 11) is -3.02. The van der Waals surface area contributed by atoms with E-state index in [4.69, 9.17) is 0 Å². The number of hydrogen-bond donors (Lipinski definition) is 2. The number of urea groups is 1. The summed E-state index contributed by atoms with van der Waals surface area (Å²) in [5.41, 5.74) is 1.29. The molecular weight excluding hydrogens is 523 g/mol. The van der Waals surface area contributed by atoms with Gasteiger partial charge in [0.05, 0.1) is 0 Å². The van der Waals surface area contributed by atoms with Gasteiger partial charge in [-0.25, -0.2) is 32.0 Å². The van der Waals surface area contributed by atoms with E-state index < -0.39 is 45.6 Å². The first-order valence-corrected chi connectivity index (χ1v) is 12.9. The number of carbonyl (C=O) groups excluding carboxylic acids is 2. The summed E-state index contributed by atoms with van der Waals surface area (Å²) in [6.07, 6.45) is 1.46. The quantitative estimate of drug-likeness (QED) is 0.473. The lowest BCUT2D eigenvalue weighted by molar-refractivity contribution is -0.120. The average Bonchev–Trinajstić information content (AvgIpc) is 3.29. The number of carbonyl (C=O) groups is 2. The molecule has 13 heteroatoms. The van der Waals surface area contributed by atoms with Gasteiger partial charge >= 0.3 is 16.2 Å². The van der Waals surface area contributed by atoms with E-state index in [-0.39, 0.29) is 29.9 Å². The molecule has 0 radical (unpaired) electrons. The number of pyridine rings is 1. The van der Waals surface area contributed by atoms with Crippen molar-refractivity contribution in [2.75, 3.05) is 22.8 Å². The topological polar surface area (TPSA) is 112 Å². The smallest absolute Gasteiger partial charge is 0.325 e. The number of hydrogen-bond acceptors (Lipinski definition) is 5. The van der Waals surface area contributed by atoms with Gasteiger partial charge in [-0.15, -0.1) is 0 Å². The second kappa shape index (κ2) is 10.7. The fourth-order valence-electron chi connectivity index (χ4n) is 4.13. The standard InChI is InChI=1S/C25H24F3N5O4S/c1-15-10-20(5-6-21(15)28)32(2)24(34)22(13-16-11-18(26)14-19(27)12-16)30-25(35)31-38(36,37)33-9-7-17-4-3-8-29-23(17)33/h3-6,8,10-12,14,22H,7,9,13H2,1-2H3,(H2,30,31,35)/t22-/m0/s1. The van der Waals surface area contributed by atoms with Crippen LogP contribution in [-0.2, 0) is 27.8 Å². The number of likely N-dealkylation sites (N-methyl/N-ethyl adjacent to an activating group) is 1. The summed E-state index contributed by atoms with van der Waals surface area (Å²) in [5, 5.41) is 2.30. The lowest BCUT2D eigenvalue weighted by Gasteiger charge is -2.26. The van der Waals surface area contributed by atoms with Gasteiger partial charge in [0.15, 0.2) is 0 Å². The predicted molar refractivity (Wildman–Crippen MR) is 134 cm³/mol. The van der Waals surface area contributed by atoms with Gasteiger partial charge in [-0.2, -0.15) is 8.42 Å². The van der Waals surface area contributed by atoms with Crippen molar-refractivity contribution in [3.8, 4) is 0 Å². The first kappa shape index (κ1) is 26.9. The molecule has 3 aromatic rings. The Morgan fingerprint density at radius 3 is 2.50 bits per heavy atom. The normalized spacial score (nSPS) is 13.6. The lowest BCUT2D eigenvalue weighted by Crippen LogP contribution is -2.54. The summed E-state index contributed by atoms with van der Waals surface area (Å²) in [6.45, 7) is 1.57. The Labute approximate surface area is 217 Å². The van der Waals surface area contributed by atoms with Crippen molar-refractivity contribution < 1.29 is 31.2 Å². The Kier molecular flexibility index (Phi) is 7.58. The Hall–Kier alpha value is -4.13. The molecule has 38 heavy (non-hydrogen) atoms. The van der Waals surface area contributed by atoms with Crippen LogP contribution >= 0.6 is 0 Å². The van der Waals surface area contributed by atoms with E-state index >= 15 is 0 Å². The zero-order chi connectivity index (χ0) is 27.6. The number of fused-ring (bicyclic) bond motifs is 1. The molecule has 200 valence electrons. The van der Waals surface area contributed by atoms with Crippen molar-refractivity contribution in [2.24, 2.45) is 0 Å². The zero-order valence-corrected chi connectivity index (χ0v) is 21.2. The number of rotatable bonds is 7. The summed E-state index contributed by atoms with van der Waals surface area (Å²) >= 11 is 0. The van der Waals surface area contributed by atoms with Gasteiger partial charge in [-0.05, 0) is 66.4 Å². The zero-order valence-electron chi connectivity index (χ0n) is 20.4. The molecule has 0 spiro atoms. The maximum Gasteiger partial charge on any atom is 0.330 e. The maximum absolute atomic E-state index is 13.8. The van der Waals surface area contributed by atoms with Crippen LogP contribution in [0, 0.1) is 24.4 Å². The number of nitrogens with zero attached hydrogens (tertiary/aromatic N) is 3. The van der Waals surface area contributed by atoms with Gasteiger partial charge in [0, 0.05) is 38.0 Å². The minimum Gasteiger partial charge on any atom is -0.325 e. The number of nitrogens with one attached hydrogen (secondary N) is 2. The second-order valence-electron chi connectivity index (χ2n) is 8.75. The van der Waals surface area contributed by atoms with Crippen molar-refractivity contribution in [3.05, 3.63) is 88.9 Å². The van der Waals surface area contributed by atoms with Crippen LogP contribution in [0.25, 0.3) is 0 Å². The molecule has 1 aliphatic rings. The van der Waals surface area contributed by atoms with Gasteiger partial charge in [0.1, 0.15) is 29.3 Å². The Balaban J connectivity index is 1.57. The van der Waals surface area contributed by atoms with Gasteiger partial charge < -0.3 is 10.2 Å². The fourth-order valence-corrected chi connectivity index (χ4v) is 5.26. The van der Waals surface area contributed by atoms with E-state index in [0.717, 1.165) is 21.3 Å². The van der Waals surface area contributed by atoms with Crippen LogP contribution in [0.1, 0.15) is 16.7 Å². The minimum absolute atomic E-state index is 0.0466. The third kappa shape index (κ3) is 5.88. The van der Waals surface area contributed by atoms with Crippen LogP contribution in [-0.4, -0.2) is 45.0 Å². The number of amides is 3. The monoisotopic (exact) mass is 547 g/mol. The van der Waals surface area contributed by atoms with Crippen molar-refractivity contribution in [2.45, 2.75) is 25.8 Å². The third-order valence-corrected chi connectivity index (χ3v) is 7.40. The highest BCUT2D eigenvalue weighted by atomic mass is 32.2. The SMILES string of the molecule is Cc1cc(N(C)C(=O)[C@H](Cc2cc(F)cc(F)c2)NC(=O)NS(=O)(=O)N2CCc3cccnc32)ccc1F. The fraction of sp³-hybridized carbons (Fsp3) is 0.240. The van der Waals surface area contributed by atoms with Gasteiger partial charge in [0.25, 0.3) is 0 Å². The third-order valence-electron chi connectivity index (χ3n) is 6.02. The van der Waals surface area contributed by atoms with Crippen molar-refractivity contribution in [3.63, 3.8) is 0 Å². The maximum atomic E-state index is 13.8. The molecule has 1 atom stereocenters. The van der Waals surface area contributed by atoms with E-state index in [2.05, 4.69) is 10.3 Å². The van der Waals surface area contributed by atoms with Gasteiger partial charge in [-0.1, -0.05) is 6.07 Å². The first-order chi connectivity index (χ1) is 17.9. The van der Waals surface area contributed by atoms with E-state index in [1.54, 1.807) is 12.1 Å². The molecule has 9 nitrogen and oxygen atoms in total. The highest BCUT2D eigenvalue weighted by Gasteiger charge is 2.33. The summed E-state index contributed by atoms with van der Waals surface area (Å²) < 4.78 is 70.0. The Morgan fingerprint density at radius 2 is 1.82 bits per heavy atom. The van der Waals surface area contributed by atoms with Crippen molar-refractivity contribution in [1.82, 2.24) is 15.0 Å². The van der Waals surface area contributed by atoms with Crippen LogP contribution < -0.4 is 19.2 Å². The number of benzene rings is 2. The predicted octanol–water partition coefficient (Wildman–Crippen LogP) is 2.99. The minimum atomic E-state index is -4.39. The van der Waals surface area contributed by atoms with E-state index in [9.17, 15) is 31.2 Å².